The molecule has 0 spiro atoms. The fourth-order valence-corrected chi connectivity index (χ4v) is 1.84. The second kappa shape index (κ2) is 4.76. The molecule has 0 unspecified atom stereocenters. The van der Waals surface area contributed by atoms with Gasteiger partial charge in [-0.15, -0.1) is 0 Å². The molecule has 0 radical (unpaired) electrons. The lowest BCUT2D eigenvalue weighted by atomic mass is 10.1. The van der Waals surface area contributed by atoms with Crippen LogP contribution >= 0.6 is 0 Å². The second-order valence-electron chi connectivity index (χ2n) is 4.33. The summed E-state index contributed by atoms with van der Waals surface area (Å²) in [5.74, 6) is -0.692. The molecule has 2 aromatic heterocycles. The van der Waals surface area contributed by atoms with Crippen LogP contribution in [0, 0.1) is 0 Å². The van der Waals surface area contributed by atoms with Gasteiger partial charge in [-0.05, 0) is 12.1 Å². The minimum atomic E-state index is -4.78. The lowest BCUT2D eigenvalue weighted by molar-refractivity contribution is -0.138. The molecular formula is C12H10F3N3O3. The number of hydrogen-bond acceptors (Lipinski definition) is 4. The number of rotatable bonds is 1. The van der Waals surface area contributed by atoms with Crippen molar-refractivity contribution in [3.05, 3.63) is 44.6 Å². The van der Waals surface area contributed by atoms with Gasteiger partial charge in [-0.25, -0.2) is 4.68 Å². The van der Waals surface area contributed by atoms with Crippen LogP contribution in [0.5, 0.6) is 5.75 Å². The monoisotopic (exact) mass is 301 g/mol. The number of aromatic nitrogens is 3. The van der Waals surface area contributed by atoms with Gasteiger partial charge in [0.15, 0.2) is 5.75 Å². The van der Waals surface area contributed by atoms with Gasteiger partial charge in [-0.1, -0.05) is 0 Å². The standard InChI is InChI=1S/C12H10F3N3O3/c1-17-8(4-3-7(10(17)20)12(13,14)15)6-5-16-18(2)11(21)9(6)19/h3-5,19H,1-2H3. The molecule has 0 aliphatic rings. The van der Waals surface area contributed by atoms with Gasteiger partial charge in [0.2, 0.25) is 0 Å². The van der Waals surface area contributed by atoms with E-state index in [2.05, 4.69) is 5.10 Å². The number of hydrogen-bond donors (Lipinski definition) is 1. The summed E-state index contributed by atoms with van der Waals surface area (Å²) in [6.07, 6.45) is -3.68. The summed E-state index contributed by atoms with van der Waals surface area (Å²) in [6, 6.07) is 1.61. The molecule has 0 aliphatic carbocycles. The van der Waals surface area contributed by atoms with Gasteiger partial charge in [-0.3, -0.25) is 9.59 Å². The summed E-state index contributed by atoms with van der Waals surface area (Å²) in [4.78, 5) is 23.3. The smallest absolute Gasteiger partial charge is 0.421 e. The zero-order valence-electron chi connectivity index (χ0n) is 11.0. The zero-order chi connectivity index (χ0) is 15.9. The summed E-state index contributed by atoms with van der Waals surface area (Å²) in [5.41, 5.74) is -3.59. The van der Waals surface area contributed by atoms with Gasteiger partial charge in [-0.2, -0.15) is 18.3 Å². The minimum absolute atomic E-state index is 0.0456. The van der Waals surface area contributed by atoms with Crippen molar-refractivity contribution in [2.75, 3.05) is 0 Å². The Labute approximate surface area is 115 Å². The highest BCUT2D eigenvalue weighted by atomic mass is 19.4. The Bertz CT molecular complexity index is 821. The normalized spacial score (nSPS) is 11.7. The summed E-state index contributed by atoms with van der Waals surface area (Å²) < 4.78 is 39.5. The number of nitrogens with zero attached hydrogens (tertiary/aromatic N) is 3. The van der Waals surface area contributed by atoms with Gasteiger partial charge in [0.1, 0.15) is 5.56 Å². The molecule has 2 aromatic rings. The van der Waals surface area contributed by atoms with Crippen molar-refractivity contribution in [2.45, 2.75) is 6.18 Å². The van der Waals surface area contributed by atoms with E-state index in [1.54, 1.807) is 0 Å². The Morgan fingerprint density at radius 3 is 2.33 bits per heavy atom. The molecule has 0 amide bonds. The van der Waals surface area contributed by atoms with Crippen molar-refractivity contribution < 1.29 is 18.3 Å². The van der Waals surface area contributed by atoms with Gasteiger partial charge < -0.3 is 9.67 Å². The Hall–Kier alpha value is -2.58. The summed E-state index contributed by atoms with van der Waals surface area (Å²) in [7, 11) is 2.42. The first kappa shape index (κ1) is 14.8. The average Bonchev–Trinajstić information content (AvgIpc) is 2.39. The fourth-order valence-electron chi connectivity index (χ4n) is 1.84. The van der Waals surface area contributed by atoms with E-state index >= 15 is 0 Å². The number of aromatic hydroxyl groups is 1. The van der Waals surface area contributed by atoms with Crippen LogP contribution in [0.15, 0.2) is 27.9 Å². The predicted octanol–water partition coefficient (Wildman–Crippen LogP) is 0.870. The number of alkyl halides is 3. The maximum absolute atomic E-state index is 12.6. The van der Waals surface area contributed by atoms with Crippen LogP contribution in [0.4, 0.5) is 13.2 Å². The van der Waals surface area contributed by atoms with E-state index in [-0.39, 0.29) is 11.3 Å². The highest BCUT2D eigenvalue weighted by molar-refractivity contribution is 5.65. The molecule has 6 nitrogen and oxygen atoms in total. The summed E-state index contributed by atoms with van der Waals surface area (Å²) in [5, 5.41) is 13.4. The lowest BCUT2D eigenvalue weighted by Gasteiger charge is -2.13. The molecule has 2 heterocycles. The second-order valence-corrected chi connectivity index (χ2v) is 4.33. The van der Waals surface area contributed by atoms with Crippen LogP contribution in [0.25, 0.3) is 11.3 Å². The Balaban J connectivity index is 2.74. The molecule has 0 fully saturated rings. The molecule has 2 rings (SSSR count). The van der Waals surface area contributed by atoms with Crippen LogP contribution in [-0.4, -0.2) is 19.5 Å². The third-order valence-electron chi connectivity index (χ3n) is 3.00. The van der Waals surface area contributed by atoms with Crippen LogP contribution in [-0.2, 0) is 20.3 Å². The van der Waals surface area contributed by atoms with Crippen molar-refractivity contribution in [1.82, 2.24) is 14.3 Å². The van der Waals surface area contributed by atoms with Crippen LogP contribution in [0.1, 0.15) is 5.56 Å². The molecule has 21 heavy (non-hydrogen) atoms. The van der Waals surface area contributed by atoms with Crippen molar-refractivity contribution in [1.29, 1.82) is 0 Å². The van der Waals surface area contributed by atoms with Crippen LogP contribution < -0.4 is 11.1 Å². The molecule has 9 heteroatoms. The molecule has 0 saturated carbocycles. The fraction of sp³-hybridized carbons (Fsp3) is 0.250. The first-order chi connectivity index (χ1) is 9.64. The molecule has 1 N–H and O–H groups in total. The van der Waals surface area contributed by atoms with Crippen molar-refractivity contribution in [3.8, 4) is 17.0 Å². The van der Waals surface area contributed by atoms with E-state index < -0.39 is 28.6 Å². The zero-order valence-corrected chi connectivity index (χ0v) is 11.0. The van der Waals surface area contributed by atoms with Crippen molar-refractivity contribution >= 4 is 0 Å². The molecule has 0 saturated heterocycles. The van der Waals surface area contributed by atoms with E-state index in [1.807, 2.05) is 0 Å². The largest absolute Gasteiger partial charge is 0.502 e. The van der Waals surface area contributed by atoms with Crippen molar-refractivity contribution in [3.63, 3.8) is 0 Å². The van der Waals surface area contributed by atoms with Gasteiger partial charge in [0, 0.05) is 14.1 Å². The Morgan fingerprint density at radius 2 is 1.76 bits per heavy atom. The summed E-state index contributed by atoms with van der Waals surface area (Å²) >= 11 is 0. The van der Waals surface area contributed by atoms with Gasteiger partial charge in [0.25, 0.3) is 5.56 Å². The highest BCUT2D eigenvalue weighted by Crippen LogP contribution is 2.29. The molecule has 0 bridgehead atoms. The quantitative estimate of drug-likeness (QED) is 0.848. The maximum Gasteiger partial charge on any atom is 0.421 e. The van der Waals surface area contributed by atoms with E-state index in [0.29, 0.717) is 10.6 Å². The topological polar surface area (TPSA) is 77.1 Å². The van der Waals surface area contributed by atoms with Crippen LogP contribution in [0.2, 0.25) is 0 Å². The molecule has 112 valence electrons. The summed E-state index contributed by atoms with van der Waals surface area (Å²) in [6.45, 7) is 0. The molecular weight excluding hydrogens is 291 g/mol. The highest BCUT2D eigenvalue weighted by Gasteiger charge is 2.34. The van der Waals surface area contributed by atoms with E-state index in [9.17, 15) is 27.9 Å². The van der Waals surface area contributed by atoms with E-state index in [1.165, 1.54) is 7.05 Å². The van der Waals surface area contributed by atoms with E-state index in [4.69, 9.17) is 0 Å². The first-order valence-corrected chi connectivity index (χ1v) is 5.67. The van der Waals surface area contributed by atoms with Crippen LogP contribution in [0.3, 0.4) is 0 Å². The van der Waals surface area contributed by atoms with Gasteiger partial charge in [0.05, 0.1) is 17.5 Å². The number of halogens is 3. The first-order valence-electron chi connectivity index (χ1n) is 5.67. The van der Waals surface area contributed by atoms with Crippen molar-refractivity contribution in [2.24, 2.45) is 14.1 Å². The Kier molecular flexibility index (Phi) is 3.36. The molecule has 0 aliphatic heterocycles. The third kappa shape index (κ3) is 2.41. The van der Waals surface area contributed by atoms with E-state index in [0.717, 1.165) is 24.0 Å². The minimum Gasteiger partial charge on any atom is -0.502 e. The molecule has 0 atom stereocenters. The third-order valence-corrected chi connectivity index (χ3v) is 3.00. The Morgan fingerprint density at radius 1 is 1.14 bits per heavy atom. The SMILES string of the molecule is Cn1ncc(-c2ccc(C(F)(F)F)c(=O)n2C)c(O)c1=O. The predicted molar refractivity (Wildman–Crippen MR) is 66.8 cm³/mol. The average molecular weight is 301 g/mol. The number of aryl methyl sites for hydroxylation is 1. The molecule has 0 aromatic carbocycles. The number of pyridine rings is 1. The lowest BCUT2D eigenvalue weighted by Crippen LogP contribution is -2.28. The van der Waals surface area contributed by atoms with Gasteiger partial charge >= 0.3 is 11.7 Å². The maximum atomic E-state index is 12.6.